The lowest BCUT2D eigenvalue weighted by Gasteiger charge is -2.19. The van der Waals surface area contributed by atoms with Crippen LogP contribution in [0.3, 0.4) is 0 Å². The molecule has 614 valence electrons. The van der Waals surface area contributed by atoms with Crippen LogP contribution in [-0.2, 0) is 54.2 Å². The molecule has 0 aliphatic rings. The molecule has 35 heteroatoms. The number of benzene rings is 6. The third kappa shape index (κ3) is 21.7. The third-order valence-electron chi connectivity index (χ3n) is 17.6. The molecule has 12 aromatic rings. The highest BCUT2D eigenvalue weighted by Crippen LogP contribution is 2.52. The fourth-order valence-electron chi connectivity index (χ4n) is 11.4. The van der Waals surface area contributed by atoms with E-state index in [9.17, 15) is 28.8 Å². The second-order valence-corrected chi connectivity index (χ2v) is 31.5. The van der Waals surface area contributed by atoms with E-state index >= 15 is 17.7 Å². The van der Waals surface area contributed by atoms with Gasteiger partial charge < -0.3 is 46.1 Å². The highest BCUT2D eigenvalue weighted by molar-refractivity contribution is 7.48. The van der Waals surface area contributed by atoms with Crippen molar-refractivity contribution in [1.29, 1.82) is 0 Å². The van der Waals surface area contributed by atoms with Crippen molar-refractivity contribution in [2.45, 2.75) is 98.4 Å². The summed E-state index contributed by atoms with van der Waals surface area (Å²) in [6.45, 7) is 16.2. The maximum absolute atomic E-state index is 15.7. The van der Waals surface area contributed by atoms with Crippen molar-refractivity contribution in [3.8, 4) is 51.6 Å². The average Bonchev–Trinajstić information content (AvgIpc) is 1.79. The van der Waals surface area contributed by atoms with Gasteiger partial charge in [0.05, 0.1) is 71.0 Å². The first kappa shape index (κ1) is 84.3. The Kier molecular flexibility index (Phi) is 25.5. The van der Waals surface area contributed by atoms with E-state index in [0.717, 1.165) is 18.2 Å². The highest BCUT2D eigenvalue weighted by Gasteiger charge is 2.31. The molecule has 0 unspecified atom stereocenters. The molecular formula is C84H84F3N18O13P. The zero-order chi connectivity index (χ0) is 85.1. The van der Waals surface area contributed by atoms with Gasteiger partial charge >= 0.3 is 25.9 Å². The lowest BCUT2D eigenvalue weighted by Crippen LogP contribution is -2.22. The van der Waals surface area contributed by atoms with Crippen LogP contribution in [0.15, 0.2) is 201 Å². The van der Waals surface area contributed by atoms with Crippen molar-refractivity contribution in [3.05, 3.63) is 269 Å². The molecule has 9 N–H and O–H groups in total. The van der Waals surface area contributed by atoms with Crippen molar-refractivity contribution in [3.63, 3.8) is 0 Å². The number of phosphoric acid groups is 1. The van der Waals surface area contributed by atoms with Gasteiger partial charge in [-0.1, -0.05) is 98.7 Å². The van der Waals surface area contributed by atoms with Gasteiger partial charge in [-0.3, -0.25) is 58.9 Å². The number of nitrogens with one attached hydrogen (secondary N) is 9. The van der Waals surface area contributed by atoms with Crippen molar-refractivity contribution in [2.24, 2.45) is 0 Å². The molecule has 0 fully saturated rings. The van der Waals surface area contributed by atoms with E-state index in [2.05, 4.69) is 62.8 Å². The molecule has 9 amide bonds. The summed E-state index contributed by atoms with van der Waals surface area (Å²) in [4.78, 5) is 90.2. The standard InChI is InChI=1S/C84H84F3N18O13P/c1-82(2,3)70-43-73(97-79(109)94-64-25-22-55(37-61(64)85)116-58-28-31-91-67(40-58)76(106)88-10)103(100-70)52-19-13-16-49(34-52)46-113-119(112,114-47-50-17-14-20-53(35-50)104-74(44-71(101-104)83(4,5)6)98-80(110)95-65-26-23-56(38-62(65)86)117-59-29-32-92-68(41-59)77(107)89-11)115-48-51-18-15-21-54(36-51)105-75(45-72(102-105)84(7,8)9)99-81(111)96-66-27-24-57(39-63(66)87)118-60-30-33-93-69(42-60)78(108)90-12/h13-45H,46-48H2,1-12H3,(H,88,106)(H,89,107)(H,90,108)(H2,94,97,109)(H2,95,98,110)(H2,96,99,111). The van der Waals surface area contributed by atoms with Gasteiger partial charge in [0.25, 0.3) is 17.7 Å². The Hall–Kier alpha value is -14.1. The summed E-state index contributed by atoms with van der Waals surface area (Å²) in [5.41, 5.74) is 2.24. The number of hydrogen-bond acceptors (Lipinski definition) is 19. The first-order valence-electron chi connectivity index (χ1n) is 37.0. The number of urea groups is 3. The molecule has 0 atom stereocenters. The monoisotopic (exact) mass is 1640 g/mol. The van der Waals surface area contributed by atoms with Crippen LogP contribution in [0, 0.1) is 17.5 Å². The number of anilines is 6. The van der Waals surface area contributed by atoms with Crippen LogP contribution in [0.1, 0.15) is 128 Å². The Labute approximate surface area is 681 Å². The molecule has 6 aromatic heterocycles. The summed E-state index contributed by atoms with van der Waals surface area (Å²) in [6, 6.07) is 43.0. The largest absolute Gasteiger partial charge is 0.475 e. The van der Waals surface area contributed by atoms with Crippen molar-refractivity contribution in [1.82, 2.24) is 60.2 Å². The van der Waals surface area contributed by atoms with Gasteiger partial charge in [-0.2, -0.15) is 15.3 Å². The van der Waals surface area contributed by atoms with Gasteiger partial charge in [-0.25, -0.2) is 46.2 Å². The van der Waals surface area contributed by atoms with Gasteiger partial charge in [0.2, 0.25) is 0 Å². The van der Waals surface area contributed by atoms with Gasteiger partial charge in [-0.15, -0.1) is 0 Å². The van der Waals surface area contributed by atoms with Gasteiger partial charge in [0.1, 0.15) is 86.5 Å². The minimum Gasteiger partial charge on any atom is -0.457 e. The smallest absolute Gasteiger partial charge is 0.457 e. The summed E-state index contributed by atoms with van der Waals surface area (Å²) < 4.78 is 103. The summed E-state index contributed by atoms with van der Waals surface area (Å²) >= 11 is 0. The lowest BCUT2D eigenvalue weighted by molar-refractivity contribution is 0.0950. The van der Waals surface area contributed by atoms with E-state index in [1.807, 2.05) is 62.3 Å². The number of phosphoric ester groups is 1. The SMILES string of the molecule is CNC(=O)c1cc(Oc2ccc(NC(=O)Nc3cc(C(C)(C)C)nn3-c3cccc(COP(=O)(OCc4cccc(-n5nc(C(C)(C)C)cc5NC(=O)Nc5ccc(Oc6ccnc(C(=O)NC)c6)cc5F)c4)OCc4cccc(-n5nc(C(C)(C)C)cc5NC(=O)Nc5ccc(Oc6ccnc(C(=O)NC)c6)cc5F)c4)c3)c(F)c2)ccn1. The average molecular weight is 1640 g/mol. The predicted molar refractivity (Wildman–Crippen MR) is 439 cm³/mol. The van der Waals surface area contributed by atoms with Crippen LogP contribution >= 0.6 is 7.82 Å². The molecule has 0 saturated carbocycles. The zero-order valence-corrected chi connectivity index (χ0v) is 67.5. The normalized spacial score (nSPS) is 11.6. The van der Waals surface area contributed by atoms with E-state index < -0.39 is 97.2 Å². The predicted octanol–water partition coefficient (Wildman–Crippen LogP) is 17.2. The highest BCUT2D eigenvalue weighted by atomic mass is 31.2. The Morgan fingerprint density at radius 3 is 0.874 bits per heavy atom. The first-order chi connectivity index (χ1) is 56.6. The Balaban J connectivity index is 0.792. The van der Waals surface area contributed by atoms with Crippen molar-refractivity contribution in [2.75, 3.05) is 53.0 Å². The maximum atomic E-state index is 15.7. The summed E-state index contributed by atoms with van der Waals surface area (Å²) in [5.74, 6) is -2.40. The molecule has 0 radical (unpaired) electrons. The van der Waals surface area contributed by atoms with Crippen LogP contribution < -0.4 is 62.1 Å². The molecule has 0 aliphatic carbocycles. The second-order valence-electron chi connectivity index (χ2n) is 29.8. The number of rotatable bonds is 27. The number of amides is 9. The molecule has 0 spiro atoms. The van der Waals surface area contributed by atoms with Crippen LogP contribution in [0.5, 0.6) is 34.5 Å². The number of aromatic nitrogens is 9. The minimum atomic E-state index is -4.74. The van der Waals surface area contributed by atoms with Crippen molar-refractivity contribution >= 4 is 78.2 Å². The van der Waals surface area contributed by atoms with Crippen molar-refractivity contribution < 1.29 is 74.3 Å². The third-order valence-corrected chi connectivity index (χ3v) is 19.0. The quantitative estimate of drug-likeness (QED) is 0.0216. The molecule has 0 saturated heterocycles. The topological polar surface area (TPSA) is 375 Å². The number of ether oxygens (including phenoxy) is 3. The lowest BCUT2D eigenvalue weighted by atomic mass is 9.92. The Bertz CT molecular complexity index is 5320. The molecule has 0 bridgehead atoms. The maximum Gasteiger partial charge on any atom is 0.475 e. The number of nitrogens with zero attached hydrogens (tertiary/aromatic N) is 9. The van der Waals surface area contributed by atoms with Gasteiger partial charge in [-0.05, 0) is 108 Å². The second kappa shape index (κ2) is 36.0. The summed E-state index contributed by atoms with van der Waals surface area (Å²) in [5, 5.41) is 38.1. The number of pyridine rings is 3. The van der Waals surface area contributed by atoms with E-state index in [-0.39, 0.29) is 86.1 Å². The number of halogens is 3. The molecule has 6 heterocycles. The van der Waals surface area contributed by atoms with E-state index in [1.165, 1.54) is 127 Å². The van der Waals surface area contributed by atoms with Gasteiger partial charge in [0, 0.05) is 111 Å². The molecule has 6 aromatic carbocycles. The zero-order valence-electron chi connectivity index (χ0n) is 66.6. The minimum absolute atomic E-state index is 0.0757. The molecule has 0 aliphatic heterocycles. The van der Waals surface area contributed by atoms with Crippen LogP contribution in [0.25, 0.3) is 17.1 Å². The van der Waals surface area contributed by atoms with E-state index in [4.69, 9.17) is 43.1 Å². The molecule has 119 heavy (non-hydrogen) atoms. The fraction of sp³-hybridized carbons (Fsp3) is 0.214. The fourth-order valence-corrected chi connectivity index (χ4v) is 12.5. The molecular weight excluding hydrogens is 1560 g/mol. The number of hydrogen-bond donors (Lipinski definition) is 9. The summed E-state index contributed by atoms with van der Waals surface area (Å²) in [6.07, 6.45) is 4.12. The summed E-state index contributed by atoms with van der Waals surface area (Å²) in [7, 11) is -0.373. The Morgan fingerprint density at radius 2 is 0.622 bits per heavy atom. The van der Waals surface area contributed by atoms with E-state index in [0.29, 0.717) is 50.8 Å². The van der Waals surface area contributed by atoms with Gasteiger partial charge in [0.15, 0.2) is 0 Å². The molecule has 12 rings (SSSR count). The van der Waals surface area contributed by atoms with Crippen LogP contribution in [0.4, 0.5) is 62.1 Å². The number of carbonyl (C=O) groups is 6. The van der Waals surface area contributed by atoms with E-state index in [1.54, 1.807) is 91.0 Å². The Morgan fingerprint density at radius 1 is 0.353 bits per heavy atom. The van der Waals surface area contributed by atoms with Crippen LogP contribution in [-0.4, -0.2) is 101 Å². The van der Waals surface area contributed by atoms with Crippen LogP contribution in [0.2, 0.25) is 0 Å². The number of carbonyl (C=O) groups excluding carboxylic acids is 6. The first-order valence-corrected chi connectivity index (χ1v) is 38.5. The molecule has 31 nitrogen and oxygen atoms in total.